The van der Waals surface area contributed by atoms with Gasteiger partial charge in [0.1, 0.15) is 0 Å². The second-order valence-corrected chi connectivity index (χ2v) is 13.1. The first-order chi connectivity index (χ1) is 12.2. The van der Waals surface area contributed by atoms with Crippen LogP contribution in [0.2, 0.25) is 0 Å². The van der Waals surface area contributed by atoms with Gasteiger partial charge in [-0.2, -0.15) is 0 Å². The van der Waals surface area contributed by atoms with Crippen molar-refractivity contribution >= 4 is 30.1 Å². The summed E-state index contributed by atoms with van der Waals surface area (Å²) >= 11 is 0.102. The van der Waals surface area contributed by atoms with Gasteiger partial charge >= 0.3 is 19.1 Å². The SMILES string of the molecule is CC.NP(=O)(O)SP(=O)(NC1CCCCC1)Oc1ccccc1[N+](=O)[O-]. The van der Waals surface area contributed by atoms with E-state index in [1.165, 1.54) is 24.3 Å². The molecule has 2 rings (SSSR count). The Bertz CT molecular complexity index is 693. The second kappa shape index (κ2) is 10.4. The minimum absolute atomic E-state index is 0.102. The maximum Gasteiger partial charge on any atom is 0.385 e. The average molecular weight is 425 g/mol. The molecule has 0 spiro atoms. The average Bonchev–Trinajstić information content (AvgIpc) is 2.55. The number of benzene rings is 1. The van der Waals surface area contributed by atoms with E-state index < -0.39 is 18.4 Å². The standard InChI is InChI=1S/C12H19N3O6P2S.C2H6/c13-22(18,19)24-23(20,14-10-6-2-1-3-7-10)21-12-9-5-4-8-11(12)15(16)17;1-2/h4-5,8-10H,1-3,6-7H2,(H,14,20)(H3,13,18,19);1-2H3. The van der Waals surface area contributed by atoms with E-state index >= 15 is 0 Å². The van der Waals surface area contributed by atoms with E-state index in [2.05, 4.69) is 5.09 Å². The molecule has 4 N–H and O–H groups in total. The molecule has 1 aromatic carbocycles. The maximum atomic E-state index is 13.0. The molecule has 148 valence electrons. The number of hydrogen-bond donors (Lipinski definition) is 3. The van der Waals surface area contributed by atoms with Crippen molar-refractivity contribution in [3.8, 4) is 5.75 Å². The van der Waals surface area contributed by atoms with Crippen LogP contribution in [-0.2, 0) is 9.13 Å². The number of nitrogens with two attached hydrogens (primary N) is 1. The van der Waals surface area contributed by atoms with Crippen LogP contribution >= 0.6 is 24.4 Å². The molecule has 0 radical (unpaired) electrons. The predicted octanol–water partition coefficient (Wildman–Crippen LogP) is 4.82. The predicted molar refractivity (Wildman–Crippen MR) is 104 cm³/mol. The lowest BCUT2D eigenvalue weighted by molar-refractivity contribution is -0.385. The Hall–Kier alpha value is -0.890. The van der Waals surface area contributed by atoms with E-state index in [1.807, 2.05) is 13.8 Å². The van der Waals surface area contributed by atoms with Crippen molar-refractivity contribution in [1.82, 2.24) is 5.09 Å². The van der Waals surface area contributed by atoms with Gasteiger partial charge in [0, 0.05) is 12.1 Å². The highest BCUT2D eigenvalue weighted by Crippen LogP contribution is 2.71. The fourth-order valence-electron chi connectivity index (χ4n) is 2.49. The maximum absolute atomic E-state index is 13.0. The highest BCUT2D eigenvalue weighted by Gasteiger charge is 2.38. The van der Waals surface area contributed by atoms with Gasteiger partial charge in [0.25, 0.3) is 0 Å². The molecule has 12 heteroatoms. The van der Waals surface area contributed by atoms with Crippen molar-refractivity contribution < 1.29 is 23.5 Å². The number of nitrogens with one attached hydrogen (secondary N) is 1. The molecule has 1 fully saturated rings. The van der Waals surface area contributed by atoms with Gasteiger partial charge in [-0.15, -0.1) is 0 Å². The number of nitrogens with zero attached hydrogens (tertiary/aromatic N) is 1. The van der Waals surface area contributed by atoms with Crippen molar-refractivity contribution in [3.05, 3.63) is 34.4 Å². The lowest BCUT2D eigenvalue weighted by Crippen LogP contribution is -2.29. The van der Waals surface area contributed by atoms with Crippen LogP contribution in [0.15, 0.2) is 24.3 Å². The molecule has 26 heavy (non-hydrogen) atoms. The molecular weight excluding hydrogens is 400 g/mol. The lowest BCUT2D eigenvalue weighted by Gasteiger charge is -2.27. The van der Waals surface area contributed by atoms with Crippen LogP contribution in [0.25, 0.3) is 0 Å². The Morgan fingerprint density at radius 3 is 2.38 bits per heavy atom. The van der Waals surface area contributed by atoms with E-state index in [1.54, 1.807) is 0 Å². The van der Waals surface area contributed by atoms with Gasteiger partial charge in [0.05, 0.1) is 15.9 Å². The molecular formula is C14H25N3O6P2S. The highest BCUT2D eigenvalue weighted by atomic mass is 33.1. The third-order valence-corrected chi connectivity index (χ3v) is 10.9. The van der Waals surface area contributed by atoms with Crippen molar-refractivity contribution in [1.29, 1.82) is 0 Å². The third-order valence-electron chi connectivity index (χ3n) is 3.45. The molecule has 0 aliphatic heterocycles. The van der Waals surface area contributed by atoms with Gasteiger partial charge in [0.15, 0.2) is 0 Å². The van der Waals surface area contributed by atoms with Gasteiger partial charge < -0.3 is 9.42 Å². The molecule has 0 heterocycles. The Balaban J connectivity index is 0.00000163. The zero-order chi connectivity index (χ0) is 19.8. The van der Waals surface area contributed by atoms with Gasteiger partial charge in [0.2, 0.25) is 5.75 Å². The quantitative estimate of drug-likeness (QED) is 0.318. The third kappa shape index (κ3) is 7.78. The molecule has 1 aliphatic rings. The lowest BCUT2D eigenvalue weighted by atomic mass is 9.96. The summed E-state index contributed by atoms with van der Waals surface area (Å²) in [7, 11) is 0. The molecule has 2 atom stereocenters. The molecule has 1 aromatic rings. The summed E-state index contributed by atoms with van der Waals surface area (Å²) in [6.45, 7) is -4.21. The first kappa shape index (κ1) is 23.1. The van der Waals surface area contributed by atoms with Crippen LogP contribution < -0.4 is 15.1 Å². The summed E-state index contributed by atoms with van der Waals surface area (Å²) < 4.78 is 29.9. The summed E-state index contributed by atoms with van der Waals surface area (Å²) in [5, 5.41) is 13.8. The Kier molecular flexibility index (Phi) is 9.30. The Morgan fingerprint density at radius 2 is 1.85 bits per heavy atom. The van der Waals surface area contributed by atoms with Gasteiger partial charge in [-0.25, -0.2) is 9.65 Å². The summed E-state index contributed by atoms with van der Waals surface area (Å²) in [5.74, 6) is -0.241. The van der Waals surface area contributed by atoms with Crippen molar-refractivity contribution in [2.45, 2.75) is 52.0 Å². The van der Waals surface area contributed by atoms with Gasteiger partial charge in [-0.1, -0.05) is 45.2 Å². The van der Waals surface area contributed by atoms with E-state index in [9.17, 15) is 24.1 Å². The molecule has 0 aromatic heterocycles. The molecule has 1 saturated carbocycles. The Morgan fingerprint density at radius 1 is 1.27 bits per heavy atom. The monoisotopic (exact) mass is 425 g/mol. The van der Waals surface area contributed by atoms with Crippen LogP contribution in [-0.4, -0.2) is 15.9 Å². The fraction of sp³-hybridized carbons (Fsp3) is 0.571. The zero-order valence-electron chi connectivity index (χ0n) is 14.7. The minimum atomic E-state index is -4.23. The number of para-hydroxylation sites is 2. The van der Waals surface area contributed by atoms with E-state index in [-0.39, 0.29) is 28.5 Å². The van der Waals surface area contributed by atoms with Gasteiger partial charge in [-0.05, 0) is 18.9 Å². The summed E-state index contributed by atoms with van der Waals surface area (Å²) in [6, 6.07) is 5.25. The number of rotatable bonds is 7. The normalized spacial score (nSPS) is 19.4. The van der Waals surface area contributed by atoms with Crippen LogP contribution in [0.3, 0.4) is 0 Å². The molecule has 2 unspecified atom stereocenters. The smallest absolute Gasteiger partial charge is 0.385 e. The van der Waals surface area contributed by atoms with Crippen LogP contribution in [0.5, 0.6) is 5.75 Å². The van der Waals surface area contributed by atoms with Crippen molar-refractivity contribution in [3.63, 3.8) is 0 Å². The molecule has 1 aliphatic carbocycles. The summed E-state index contributed by atoms with van der Waals surface area (Å²) in [6.07, 6.45) is 4.42. The summed E-state index contributed by atoms with van der Waals surface area (Å²) in [4.78, 5) is 19.8. The van der Waals surface area contributed by atoms with Crippen molar-refractivity contribution in [2.75, 3.05) is 0 Å². The Labute approximate surface area is 156 Å². The number of nitro groups is 1. The summed E-state index contributed by atoms with van der Waals surface area (Å²) in [5.41, 5.74) is 4.75. The molecule has 0 bridgehead atoms. The molecule has 0 saturated heterocycles. The van der Waals surface area contributed by atoms with Crippen LogP contribution in [0, 0.1) is 10.1 Å². The van der Waals surface area contributed by atoms with Crippen molar-refractivity contribution in [2.24, 2.45) is 5.50 Å². The number of hydrogen-bond acceptors (Lipinski definition) is 6. The minimum Gasteiger partial charge on any atom is -0.418 e. The fourth-order valence-corrected chi connectivity index (χ4v) is 9.40. The topological polar surface area (TPSA) is 145 Å². The molecule has 9 nitrogen and oxygen atoms in total. The first-order valence-corrected chi connectivity index (χ1v) is 13.7. The van der Waals surface area contributed by atoms with Crippen LogP contribution in [0.4, 0.5) is 5.69 Å². The van der Waals surface area contributed by atoms with E-state index in [0.29, 0.717) is 0 Å². The van der Waals surface area contributed by atoms with Crippen LogP contribution in [0.1, 0.15) is 46.0 Å². The second-order valence-electron chi connectivity index (χ2n) is 5.42. The highest BCUT2D eigenvalue weighted by molar-refractivity contribution is 8.85. The molecule has 0 amide bonds. The largest absolute Gasteiger partial charge is 0.418 e. The zero-order valence-corrected chi connectivity index (χ0v) is 17.3. The van der Waals surface area contributed by atoms with E-state index in [4.69, 9.17) is 10.0 Å². The first-order valence-electron chi connectivity index (χ1n) is 8.32. The van der Waals surface area contributed by atoms with E-state index in [0.717, 1.165) is 32.1 Å². The number of nitro benzene ring substituents is 1. The van der Waals surface area contributed by atoms with Gasteiger partial charge in [-0.3, -0.25) is 20.2 Å².